The number of aryl methyl sites for hydroxylation is 2. The molecule has 0 aromatic heterocycles. The first-order chi connectivity index (χ1) is 30.3. The summed E-state index contributed by atoms with van der Waals surface area (Å²) in [5.41, 5.74) is 17.0. The molecule has 10 rings (SSSR count). The largest absolute Gasteiger partial charge is 0.310 e. The molecule has 0 saturated carbocycles. The summed E-state index contributed by atoms with van der Waals surface area (Å²) in [7, 11) is 0. The Morgan fingerprint density at radius 2 is 0.645 bits per heavy atom. The summed E-state index contributed by atoms with van der Waals surface area (Å²) in [6.45, 7) is 13.8. The van der Waals surface area contributed by atoms with E-state index in [0.29, 0.717) is 11.8 Å². The van der Waals surface area contributed by atoms with Crippen LogP contribution in [0.2, 0.25) is 0 Å². The Labute approximate surface area is 366 Å². The molecule has 0 heterocycles. The molecule has 2 nitrogen and oxygen atoms in total. The van der Waals surface area contributed by atoms with E-state index < -0.39 is 0 Å². The number of nitrogens with zero attached hydrogens (tertiary/aromatic N) is 2. The van der Waals surface area contributed by atoms with E-state index in [0.717, 1.165) is 11.4 Å². The molecule has 0 bridgehead atoms. The molecule has 62 heavy (non-hydrogen) atoms. The highest BCUT2D eigenvalue weighted by atomic mass is 15.2. The van der Waals surface area contributed by atoms with Gasteiger partial charge in [0.1, 0.15) is 0 Å². The van der Waals surface area contributed by atoms with Crippen LogP contribution in [0, 0.1) is 13.8 Å². The second-order valence-corrected chi connectivity index (χ2v) is 17.4. The molecule has 302 valence electrons. The lowest BCUT2D eigenvalue weighted by Crippen LogP contribution is -2.15. The number of hydrogen-bond donors (Lipinski definition) is 0. The molecule has 0 radical (unpaired) electrons. The highest BCUT2D eigenvalue weighted by molar-refractivity contribution is 6.29. The van der Waals surface area contributed by atoms with Gasteiger partial charge in [-0.25, -0.2) is 0 Å². The number of rotatable bonds is 10. The van der Waals surface area contributed by atoms with Crippen LogP contribution in [0.25, 0.3) is 54.6 Å². The van der Waals surface area contributed by atoms with E-state index in [9.17, 15) is 0 Å². The summed E-state index contributed by atoms with van der Waals surface area (Å²) >= 11 is 0. The minimum Gasteiger partial charge on any atom is -0.310 e. The fourth-order valence-electron chi connectivity index (χ4n) is 9.71. The van der Waals surface area contributed by atoms with Crippen molar-refractivity contribution >= 4 is 66.4 Å². The molecule has 0 amide bonds. The maximum atomic E-state index is 2.52. The molecular formula is C60H52N2. The summed E-state index contributed by atoms with van der Waals surface area (Å²) < 4.78 is 0. The summed E-state index contributed by atoms with van der Waals surface area (Å²) in [6, 6.07) is 71.8. The second-order valence-electron chi connectivity index (χ2n) is 17.4. The molecule has 2 heteroatoms. The Morgan fingerprint density at radius 3 is 1.00 bits per heavy atom. The maximum absolute atomic E-state index is 2.52. The Morgan fingerprint density at radius 1 is 0.306 bits per heavy atom. The zero-order valence-corrected chi connectivity index (χ0v) is 36.5. The zero-order chi connectivity index (χ0) is 42.5. The predicted molar refractivity (Wildman–Crippen MR) is 268 cm³/mol. The minimum atomic E-state index is 0.312. The van der Waals surface area contributed by atoms with Crippen LogP contribution in [-0.2, 0) is 0 Å². The standard InChI is InChI=1S/C60H52N2/c1-39(2)49-29-27-45(43-19-11-7-12-20-43)37-57(49)61(47-23-15-9-16-24-47)55-35-41(5)51-32-34-54-56(36-42(6)52-31-33-53(55)59(51)60(52)54)62(48-25-17-10-18-26-48)58-38-46(28-30-50(58)40(3)4)44-21-13-8-14-22-44/h7-40H,1-6H3. The van der Waals surface area contributed by atoms with Gasteiger partial charge < -0.3 is 9.80 Å². The number of hydrogen-bond acceptors (Lipinski definition) is 2. The van der Waals surface area contributed by atoms with Crippen LogP contribution >= 0.6 is 0 Å². The van der Waals surface area contributed by atoms with Crippen LogP contribution < -0.4 is 9.80 Å². The van der Waals surface area contributed by atoms with E-state index in [-0.39, 0.29) is 0 Å². The molecule has 10 aromatic rings. The fraction of sp³-hybridized carbons (Fsp3) is 0.133. The Balaban J connectivity index is 1.27. The summed E-state index contributed by atoms with van der Waals surface area (Å²) in [6.07, 6.45) is 0. The predicted octanol–water partition coefficient (Wildman–Crippen LogP) is 17.7. The third-order valence-corrected chi connectivity index (χ3v) is 12.8. The lowest BCUT2D eigenvalue weighted by atomic mass is 9.87. The molecule has 0 fully saturated rings. The van der Waals surface area contributed by atoms with E-state index in [1.807, 2.05) is 0 Å². The Bertz CT molecular complexity index is 2970. The van der Waals surface area contributed by atoms with Crippen molar-refractivity contribution in [2.24, 2.45) is 0 Å². The van der Waals surface area contributed by atoms with Gasteiger partial charge in [-0.2, -0.15) is 0 Å². The lowest BCUT2D eigenvalue weighted by molar-refractivity contribution is 0.865. The van der Waals surface area contributed by atoms with Crippen LogP contribution in [0.3, 0.4) is 0 Å². The lowest BCUT2D eigenvalue weighted by Gasteiger charge is -2.33. The first kappa shape index (κ1) is 39.0. The molecular weight excluding hydrogens is 749 g/mol. The highest BCUT2D eigenvalue weighted by Crippen LogP contribution is 2.51. The Hall–Kier alpha value is -7.16. The molecule has 0 saturated heterocycles. The van der Waals surface area contributed by atoms with Crippen molar-refractivity contribution in [2.75, 3.05) is 9.80 Å². The van der Waals surface area contributed by atoms with Gasteiger partial charge in [0.25, 0.3) is 0 Å². The molecule has 0 spiro atoms. The normalized spacial score (nSPS) is 11.7. The van der Waals surface area contributed by atoms with Crippen LogP contribution in [0.1, 0.15) is 61.8 Å². The van der Waals surface area contributed by atoms with Crippen LogP contribution in [0.4, 0.5) is 34.1 Å². The SMILES string of the molecule is Cc1cc(N(c2ccccc2)c2cc(-c3ccccc3)ccc2C(C)C)c2ccc3c(C)cc(N(c4ccccc4)c4cc(-c5ccccc5)ccc4C(C)C)c4ccc1c2c34. The van der Waals surface area contributed by atoms with E-state index >= 15 is 0 Å². The van der Waals surface area contributed by atoms with E-state index in [2.05, 4.69) is 245 Å². The summed E-state index contributed by atoms with van der Waals surface area (Å²) in [4.78, 5) is 5.05. The third-order valence-electron chi connectivity index (χ3n) is 12.8. The molecule has 0 aliphatic rings. The molecule has 0 aliphatic heterocycles. The maximum Gasteiger partial charge on any atom is 0.0543 e. The van der Waals surface area contributed by atoms with Gasteiger partial charge in [0.15, 0.2) is 0 Å². The van der Waals surface area contributed by atoms with Gasteiger partial charge in [0, 0.05) is 22.1 Å². The molecule has 10 aromatic carbocycles. The summed E-state index contributed by atoms with van der Waals surface area (Å²) in [5.74, 6) is 0.624. The van der Waals surface area contributed by atoms with Gasteiger partial charge in [0.2, 0.25) is 0 Å². The highest BCUT2D eigenvalue weighted by Gasteiger charge is 2.26. The van der Waals surface area contributed by atoms with Gasteiger partial charge >= 0.3 is 0 Å². The van der Waals surface area contributed by atoms with Gasteiger partial charge in [-0.15, -0.1) is 0 Å². The number of para-hydroxylation sites is 2. The van der Waals surface area contributed by atoms with Crippen molar-refractivity contribution in [3.05, 3.63) is 216 Å². The molecule has 0 unspecified atom stereocenters. The van der Waals surface area contributed by atoms with Gasteiger partial charge in [-0.1, -0.05) is 173 Å². The smallest absolute Gasteiger partial charge is 0.0543 e. The summed E-state index contributed by atoms with van der Waals surface area (Å²) in [5, 5.41) is 7.67. The van der Waals surface area contributed by atoms with Crippen LogP contribution in [0.5, 0.6) is 0 Å². The third kappa shape index (κ3) is 6.77. The van der Waals surface area contributed by atoms with Crippen molar-refractivity contribution < 1.29 is 0 Å². The van der Waals surface area contributed by atoms with Crippen LogP contribution in [-0.4, -0.2) is 0 Å². The first-order valence-electron chi connectivity index (χ1n) is 22.1. The average Bonchev–Trinajstić information content (AvgIpc) is 3.31. The van der Waals surface area contributed by atoms with Gasteiger partial charge in [-0.05, 0) is 140 Å². The van der Waals surface area contributed by atoms with Crippen molar-refractivity contribution in [1.82, 2.24) is 0 Å². The second kappa shape index (κ2) is 16.0. The van der Waals surface area contributed by atoms with Gasteiger partial charge in [-0.3, -0.25) is 0 Å². The van der Waals surface area contributed by atoms with Crippen molar-refractivity contribution in [3.8, 4) is 22.3 Å². The van der Waals surface area contributed by atoms with Crippen molar-refractivity contribution in [1.29, 1.82) is 0 Å². The first-order valence-corrected chi connectivity index (χ1v) is 22.1. The van der Waals surface area contributed by atoms with Crippen molar-refractivity contribution in [2.45, 2.75) is 53.4 Å². The van der Waals surface area contributed by atoms with Crippen LogP contribution in [0.15, 0.2) is 194 Å². The van der Waals surface area contributed by atoms with E-state index in [1.165, 1.54) is 99.6 Å². The molecule has 0 atom stereocenters. The van der Waals surface area contributed by atoms with Crippen molar-refractivity contribution in [3.63, 3.8) is 0 Å². The molecule has 0 aliphatic carbocycles. The quantitative estimate of drug-likeness (QED) is 0.127. The monoisotopic (exact) mass is 800 g/mol. The number of anilines is 6. The zero-order valence-electron chi connectivity index (χ0n) is 36.5. The minimum absolute atomic E-state index is 0.312. The van der Waals surface area contributed by atoms with Gasteiger partial charge in [0.05, 0.1) is 22.7 Å². The number of benzene rings is 10. The van der Waals surface area contributed by atoms with E-state index in [4.69, 9.17) is 0 Å². The Kier molecular flexibility index (Phi) is 10.1. The van der Waals surface area contributed by atoms with E-state index in [1.54, 1.807) is 0 Å². The average molecular weight is 801 g/mol. The fourth-order valence-corrected chi connectivity index (χ4v) is 9.71. The topological polar surface area (TPSA) is 6.48 Å². The molecule has 0 N–H and O–H groups in total.